The fourth-order valence-corrected chi connectivity index (χ4v) is 1.25. The summed E-state index contributed by atoms with van der Waals surface area (Å²) in [5.41, 5.74) is 6.33. The first-order valence-electron chi connectivity index (χ1n) is 4.80. The lowest BCUT2D eigenvalue weighted by molar-refractivity contribution is -0.143. The molecule has 1 unspecified atom stereocenters. The van der Waals surface area contributed by atoms with Gasteiger partial charge in [0.15, 0.2) is 0 Å². The Kier molecular flexibility index (Phi) is 4.24. The van der Waals surface area contributed by atoms with E-state index in [1.165, 1.54) is 12.1 Å². The molecule has 82 valence electrons. The van der Waals surface area contributed by atoms with Gasteiger partial charge in [-0.05, 0) is 24.6 Å². The molecular weight excluding hydrogens is 197 g/mol. The van der Waals surface area contributed by atoms with Crippen molar-refractivity contribution in [2.75, 3.05) is 6.61 Å². The number of carbonyl (C=O) groups excluding carboxylic acids is 1. The van der Waals surface area contributed by atoms with E-state index in [9.17, 15) is 9.18 Å². The molecule has 0 saturated heterocycles. The van der Waals surface area contributed by atoms with Crippen LogP contribution in [0.15, 0.2) is 24.3 Å². The molecule has 0 aliphatic rings. The maximum atomic E-state index is 12.8. The number of nitrogens with two attached hydrogens (primary N) is 1. The number of ether oxygens (including phenoxy) is 1. The van der Waals surface area contributed by atoms with Gasteiger partial charge in [0.1, 0.15) is 5.82 Å². The monoisotopic (exact) mass is 211 g/mol. The summed E-state index contributed by atoms with van der Waals surface area (Å²) in [4.78, 5) is 11.1. The van der Waals surface area contributed by atoms with Gasteiger partial charge in [-0.1, -0.05) is 12.1 Å². The van der Waals surface area contributed by atoms with Crippen molar-refractivity contribution in [2.45, 2.75) is 19.4 Å². The van der Waals surface area contributed by atoms with Crippen molar-refractivity contribution in [3.05, 3.63) is 35.6 Å². The standard InChI is InChI=1S/C11H14FNO2/c1-2-15-11(14)7-10(13)8-4-3-5-9(12)6-8/h3-6,10H,2,7,13H2,1H3. The second-order valence-corrected chi connectivity index (χ2v) is 3.17. The van der Waals surface area contributed by atoms with Crippen LogP contribution in [0, 0.1) is 5.82 Å². The van der Waals surface area contributed by atoms with Crippen LogP contribution in [0.2, 0.25) is 0 Å². The van der Waals surface area contributed by atoms with E-state index in [1.54, 1.807) is 19.1 Å². The van der Waals surface area contributed by atoms with E-state index in [2.05, 4.69) is 0 Å². The molecule has 15 heavy (non-hydrogen) atoms. The van der Waals surface area contributed by atoms with E-state index < -0.39 is 6.04 Å². The molecule has 0 aliphatic carbocycles. The van der Waals surface area contributed by atoms with Gasteiger partial charge in [0.2, 0.25) is 0 Å². The van der Waals surface area contributed by atoms with Crippen LogP contribution in [0.5, 0.6) is 0 Å². The highest BCUT2D eigenvalue weighted by atomic mass is 19.1. The molecule has 0 saturated carbocycles. The maximum Gasteiger partial charge on any atom is 0.307 e. The van der Waals surface area contributed by atoms with Crippen LogP contribution in [0.4, 0.5) is 4.39 Å². The van der Waals surface area contributed by atoms with Gasteiger partial charge in [0, 0.05) is 6.04 Å². The predicted octanol–water partition coefficient (Wildman–Crippen LogP) is 1.78. The number of hydrogen-bond acceptors (Lipinski definition) is 3. The van der Waals surface area contributed by atoms with Crippen LogP contribution in [-0.4, -0.2) is 12.6 Å². The molecule has 1 rings (SSSR count). The van der Waals surface area contributed by atoms with Crippen LogP contribution in [0.25, 0.3) is 0 Å². The smallest absolute Gasteiger partial charge is 0.307 e. The highest BCUT2D eigenvalue weighted by Crippen LogP contribution is 2.15. The van der Waals surface area contributed by atoms with E-state index in [-0.39, 0.29) is 18.2 Å². The topological polar surface area (TPSA) is 52.3 Å². The van der Waals surface area contributed by atoms with Crippen LogP contribution >= 0.6 is 0 Å². The Morgan fingerprint density at radius 1 is 1.60 bits per heavy atom. The number of esters is 1. The van der Waals surface area contributed by atoms with Gasteiger partial charge in [-0.25, -0.2) is 4.39 Å². The van der Waals surface area contributed by atoms with E-state index in [1.807, 2.05) is 0 Å². The minimum absolute atomic E-state index is 0.0668. The van der Waals surface area contributed by atoms with Gasteiger partial charge in [0.05, 0.1) is 13.0 Å². The lowest BCUT2D eigenvalue weighted by atomic mass is 10.1. The van der Waals surface area contributed by atoms with Gasteiger partial charge in [-0.15, -0.1) is 0 Å². The predicted molar refractivity (Wildman–Crippen MR) is 54.6 cm³/mol. The third kappa shape index (κ3) is 3.67. The zero-order chi connectivity index (χ0) is 11.3. The molecule has 0 amide bonds. The van der Waals surface area contributed by atoms with Crippen molar-refractivity contribution in [3.63, 3.8) is 0 Å². The van der Waals surface area contributed by atoms with Gasteiger partial charge < -0.3 is 10.5 Å². The van der Waals surface area contributed by atoms with Gasteiger partial charge in [0.25, 0.3) is 0 Å². The Balaban J connectivity index is 2.60. The number of benzene rings is 1. The van der Waals surface area contributed by atoms with Crippen molar-refractivity contribution in [3.8, 4) is 0 Å². The van der Waals surface area contributed by atoms with Crippen molar-refractivity contribution in [1.82, 2.24) is 0 Å². The van der Waals surface area contributed by atoms with Crippen molar-refractivity contribution >= 4 is 5.97 Å². The third-order valence-corrected chi connectivity index (χ3v) is 1.97. The minimum atomic E-state index is -0.514. The van der Waals surface area contributed by atoms with Gasteiger partial charge >= 0.3 is 5.97 Å². The highest BCUT2D eigenvalue weighted by Gasteiger charge is 2.12. The fraction of sp³-hybridized carbons (Fsp3) is 0.364. The summed E-state index contributed by atoms with van der Waals surface area (Å²) < 4.78 is 17.6. The van der Waals surface area contributed by atoms with Gasteiger partial charge in [-0.2, -0.15) is 0 Å². The number of hydrogen-bond donors (Lipinski definition) is 1. The minimum Gasteiger partial charge on any atom is -0.466 e. The van der Waals surface area contributed by atoms with Crippen LogP contribution < -0.4 is 5.73 Å². The zero-order valence-electron chi connectivity index (χ0n) is 8.57. The molecule has 1 aromatic carbocycles. The van der Waals surface area contributed by atoms with E-state index >= 15 is 0 Å². The second kappa shape index (κ2) is 5.46. The molecule has 2 N–H and O–H groups in total. The molecule has 1 atom stereocenters. The normalized spacial score (nSPS) is 12.2. The Labute approximate surface area is 88.0 Å². The highest BCUT2D eigenvalue weighted by molar-refractivity contribution is 5.70. The van der Waals surface area contributed by atoms with Crippen molar-refractivity contribution in [1.29, 1.82) is 0 Å². The van der Waals surface area contributed by atoms with Crippen LogP contribution in [0.3, 0.4) is 0 Å². The maximum absolute atomic E-state index is 12.8. The Morgan fingerprint density at radius 3 is 2.93 bits per heavy atom. The molecule has 4 heteroatoms. The van der Waals surface area contributed by atoms with Crippen LogP contribution in [-0.2, 0) is 9.53 Å². The van der Waals surface area contributed by atoms with E-state index in [0.717, 1.165) is 0 Å². The summed E-state index contributed by atoms with van der Waals surface area (Å²) in [5.74, 6) is -0.721. The molecular formula is C11H14FNO2. The Bertz CT molecular complexity index is 341. The number of carbonyl (C=O) groups is 1. The molecule has 0 aliphatic heterocycles. The van der Waals surface area contributed by atoms with E-state index in [0.29, 0.717) is 12.2 Å². The van der Waals surface area contributed by atoms with E-state index in [4.69, 9.17) is 10.5 Å². The fourth-order valence-electron chi connectivity index (χ4n) is 1.25. The average molecular weight is 211 g/mol. The first kappa shape index (κ1) is 11.7. The SMILES string of the molecule is CCOC(=O)CC(N)c1cccc(F)c1. The largest absolute Gasteiger partial charge is 0.466 e. The lowest BCUT2D eigenvalue weighted by Crippen LogP contribution is -2.17. The summed E-state index contributed by atoms with van der Waals surface area (Å²) in [7, 11) is 0. The number of halogens is 1. The first-order valence-corrected chi connectivity index (χ1v) is 4.80. The molecule has 0 fully saturated rings. The molecule has 0 radical (unpaired) electrons. The van der Waals surface area contributed by atoms with Crippen molar-refractivity contribution in [2.24, 2.45) is 5.73 Å². The lowest BCUT2D eigenvalue weighted by Gasteiger charge is -2.10. The summed E-state index contributed by atoms with van der Waals surface area (Å²) in [6.45, 7) is 2.06. The van der Waals surface area contributed by atoms with Crippen molar-refractivity contribution < 1.29 is 13.9 Å². The number of rotatable bonds is 4. The van der Waals surface area contributed by atoms with Gasteiger partial charge in [-0.3, -0.25) is 4.79 Å². The summed E-state index contributed by atoms with van der Waals surface area (Å²) in [6, 6.07) is 5.40. The zero-order valence-corrected chi connectivity index (χ0v) is 8.57. The summed E-state index contributed by atoms with van der Waals surface area (Å²) >= 11 is 0. The second-order valence-electron chi connectivity index (χ2n) is 3.17. The molecule has 0 bridgehead atoms. The van der Waals surface area contributed by atoms with Crippen LogP contribution in [0.1, 0.15) is 24.9 Å². The molecule has 0 heterocycles. The molecule has 0 spiro atoms. The molecule has 3 nitrogen and oxygen atoms in total. The Hall–Kier alpha value is -1.42. The molecule has 1 aromatic rings. The third-order valence-electron chi connectivity index (χ3n) is 1.97. The average Bonchev–Trinajstić information content (AvgIpc) is 2.18. The summed E-state index contributed by atoms with van der Waals surface area (Å²) in [5, 5.41) is 0. The summed E-state index contributed by atoms with van der Waals surface area (Å²) in [6.07, 6.45) is 0.0668. The first-order chi connectivity index (χ1) is 7.13. The quantitative estimate of drug-likeness (QED) is 0.772. The Morgan fingerprint density at radius 2 is 2.33 bits per heavy atom. The molecule has 0 aromatic heterocycles.